The fourth-order valence-electron chi connectivity index (χ4n) is 2.06. The first kappa shape index (κ1) is 25.7. The first-order valence-corrected chi connectivity index (χ1v) is 8.92. The van der Waals surface area contributed by atoms with Crippen LogP contribution in [-0.2, 0) is 28.5 Å². The fourth-order valence-corrected chi connectivity index (χ4v) is 2.06. The largest absolute Gasteiger partial charge is 0.481 e. The zero-order chi connectivity index (χ0) is 20.4. The van der Waals surface area contributed by atoms with Gasteiger partial charge in [-0.05, 0) is 12.8 Å². The van der Waals surface area contributed by atoms with Crippen LogP contribution in [0.15, 0.2) is 0 Å². The minimum absolute atomic E-state index is 0.00970. The number of carbonyl (C=O) groups is 2. The number of hydrogen-bond acceptors (Lipinski definition) is 8. The molecular weight excluding hydrogens is 364 g/mol. The molecule has 0 aliphatic heterocycles. The van der Waals surface area contributed by atoms with E-state index in [0.29, 0.717) is 26.1 Å². The molecule has 160 valence electrons. The molecule has 4 N–H and O–H groups in total. The lowest BCUT2D eigenvalue weighted by molar-refractivity contribution is -0.140. The third kappa shape index (κ3) is 15.5. The highest BCUT2D eigenvalue weighted by molar-refractivity contribution is 5.67. The Kier molecular flexibility index (Phi) is 16.0. The van der Waals surface area contributed by atoms with E-state index in [2.05, 4.69) is 0 Å². The van der Waals surface area contributed by atoms with Gasteiger partial charge in [0.2, 0.25) is 0 Å². The van der Waals surface area contributed by atoms with Crippen molar-refractivity contribution in [1.29, 1.82) is 0 Å². The number of hydrogen-bond donors (Lipinski definition) is 4. The summed E-state index contributed by atoms with van der Waals surface area (Å²) in [5, 5.41) is 35.1. The fraction of sp³-hybridized carbons (Fsp3) is 0.882. The smallest absolute Gasteiger partial charge is 0.305 e. The molecule has 0 radical (unpaired) electrons. The number of ether oxygens (including phenoxy) is 4. The van der Waals surface area contributed by atoms with Gasteiger partial charge in [0.1, 0.15) is 0 Å². The highest BCUT2D eigenvalue weighted by atomic mass is 16.5. The van der Waals surface area contributed by atoms with Gasteiger partial charge in [0, 0.05) is 26.4 Å². The third-order valence-corrected chi connectivity index (χ3v) is 3.45. The Bertz CT molecular complexity index is 352. The Morgan fingerprint density at radius 2 is 0.963 bits per heavy atom. The molecule has 0 aromatic rings. The molecule has 10 heteroatoms. The molecule has 0 saturated heterocycles. The molecule has 0 rings (SSSR count). The Morgan fingerprint density at radius 1 is 0.630 bits per heavy atom. The van der Waals surface area contributed by atoms with Crippen LogP contribution < -0.4 is 0 Å². The number of aliphatic hydroxyl groups excluding tert-OH is 2. The Hall–Kier alpha value is -1.30. The molecule has 0 fully saturated rings. The standard InChI is InChI=1S/C17H32O10/c18-5-1-7-24-11-17(12-25-8-2-6-19,13-26-9-3-15(20)21)14-27-10-4-16(22)23/h18-19H,1-14H2,(H,20,21)(H,22,23). The SMILES string of the molecule is O=C(O)CCOCC(COCCCO)(COCCCO)COCCC(=O)O. The van der Waals surface area contributed by atoms with E-state index >= 15 is 0 Å². The zero-order valence-electron chi connectivity index (χ0n) is 15.6. The lowest BCUT2D eigenvalue weighted by Crippen LogP contribution is -2.42. The number of carboxylic acids is 2. The van der Waals surface area contributed by atoms with E-state index in [1.165, 1.54) is 0 Å². The molecule has 0 unspecified atom stereocenters. The minimum atomic E-state index is -0.975. The van der Waals surface area contributed by atoms with Gasteiger partial charge in [0.05, 0.1) is 57.9 Å². The molecule has 0 amide bonds. The molecule has 0 aromatic carbocycles. The summed E-state index contributed by atoms with van der Waals surface area (Å²) >= 11 is 0. The van der Waals surface area contributed by atoms with Crippen molar-refractivity contribution >= 4 is 11.9 Å². The summed E-state index contributed by atoms with van der Waals surface area (Å²) in [5.74, 6) is -1.95. The molecule has 27 heavy (non-hydrogen) atoms. The van der Waals surface area contributed by atoms with Crippen LogP contribution in [0.3, 0.4) is 0 Å². The molecular formula is C17H32O10. The quantitative estimate of drug-likeness (QED) is 0.203. The number of aliphatic carboxylic acids is 2. The summed E-state index contributed by atoms with van der Waals surface area (Å²) in [6.07, 6.45) is 0.627. The van der Waals surface area contributed by atoms with Crippen molar-refractivity contribution in [2.45, 2.75) is 25.7 Å². The van der Waals surface area contributed by atoms with Gasteiger partial charge < -0.3 is 39.4 Å². The van der Waals surface area contributed by atoms with Crippen molar-refractivity contribution in [3.8, 4) is 0 Å². The lowest BCUT2D eigenvalue weighted by atomic mass is 9.92. The van der Waals surface area contributed by atoms with Crippen LogP contribution in [0, 0.1) is 5.41 Å². The van der Waals surface area contributed by atoms with E-state index in [1.54, 1.807) is 0 Å². The number of rotatable bonds is 20. The van der Waals surface area contributed by atoms with Crippen LogP contribution in [0.1, 0.15) is 25.7 Å². The van der Waals surface area contributed by atoms with Gasteiger partial charge in [0.25, 0.3) is 0 Å². The van der Waals surface area contributed by atoms with Gasteiger partial charge in [-0.2, -0.15) is 0 Å². The molecule has 0 spiro atoms. The predicted molar refractivity (Wildman–Crippen MR) is 93.6 cm³/mol. The average molecular weight is 396 g/mol. The van der Waals surface area contributed by atoms with Crippen LogP contribution in [0.2, 0.25) is 0 Å². The van der Waals surface area contributed by atoms with Crippen molar-refractivity contribution < 1.29 is 49.0 Å². The summed E-state index contributed by atoms with van der Waals surface area (Å²) < 4.78 is 22.1. The molecule has 0 saturated carbocycles. The monoisotopic (exact) mass is 396 g/mol. The van der Waals surface area contributed by atoms with E-state index in [4.69, 9.17) is 39.4 Å². The second-order valence-electron chi connectivity index (χ2n) is 6.15. The summed E-state index contributed by atoms with van der Waals surface area (Å²) in [4.78, 5) is 21.3. The number of carboxylic acid groups (broad SMARTS) is 2. The van der Waals surface area contributed by atoms with Crippen molar-refractivity contribution in [3.63, 3.8) is 0 Å². The first-order valence-electron chi connectivity index (χ1n) is 8.92. The highest BCUT2D eigenvalue weighted by Gasteiger charge is 2.32. The van der Waals surface area contributed by atoms with Crippen LogP contribution >= 0.6 is 0 Å². The van der Waals surface area contributed by atoms with Crippen LogP contribution in [0.5, 0.6) is 0 Å². The lowest BCUT2D eigenvalue weighted by Gasteiger charge is -2.33. The molecule has 10 nitrogen and oxygen atoms in total. The normalized spacial score (nSPS) is 11.6. The Labute approximate surface area is 159 Å². The molecule has 0 heterocycles. The highest BCUT2D eigenvalue weighted by Crippen LogP contribution is 2.21. The van der Waals surface area contributed by atoms with E-state index in [9.17, 15) is 9.59 Å². The van der Waals surface area contributed by atoms with Crippen LogP contribution in [0.25, 0.3) is 0 Å². The van der Waals surface area contributed by atoms with Gasteiger partial charge in [-0.15, -0.1) is 0 Å². The maximum Gasteiger partial charge on any atom is 0.305 e. The van der Waals surface area contributed by atoms with Gasteiger partial charge in [0.15, 0.2) is 0 Å². The van der Waals surface area contributed by atoms with Gasteiger partial charge in [-0.1, -0.05) is 0 Å². The maximum atomic E-state index is 10.6. The Balaban J connectivity index is 4.78. The van der Waals surface area contributed by atoms with E-state index in [0.717, 1.165) is 0 Å². The molecule has 0 bridgehead atoms. The van der Waals surface area contributed by atoms with Crippen molar-refractivity contribution in [3.05, 3.63) is 0 Å². The average Bonchev–Trinajstić information content (AvgIpc) is 2.62. The van der Waals surface area contributed by atoms with E-state index in [-0.39, 0.29) is 65.7 Å². The number of aliphatic hydroxyl groups is 2. The molecule has 0 aliphatic carbocycles. The van der Waals surface area contributed by atoms with Gasteiger partial charge in [-0.25, -0.2) is 0 Å². The molecule has 0 atom stereocenters. The summed E-state index contributed by atoms with van der Waals surface area (Å²) in [7, 11) is 0. The molecule has 0 aromatic heterocycles. The van der Waals surface area contributed by atoms with Crippen molar-refractivity contribution in [2.75, 3.05) is 66.1 Å². The topological polar surface area (TPSA) is 152 Å². The van der Waals surface area contributed by atoms with E-state index < -0.39 is 17.4 Å². The summed E-state index contributed by atoms with van der Waals surface area (Å²) in [5.41, 5.74) is -0.762. The zero-order valence-corrected chi connectivity index (χ0v) is 15.6. The summed E-state index contributed by atoms with van der Waals surface area (Å²) in [6.45, 7) is 1.20. The molecule has 0 aliphatic rings. The van der Waals surface area contributed by atoms with Crippen molar-refractivity contribution in [1.82, 2.24) is 0 Å². The van der Waals surface area contributed by atoms with Crippen LogP contribution in [0.4, 0.5) is 0 Å². The van der Waals surface area contributed by atoms with Crippen LogP contribution in [-0.4, -0.2) is 98.4 Å². The first-order chi connectivity index (χ1) is 13.0. The second-order valence-corrected chi connectivity index (χ2v) is 6.15. The van der Waals surface area contributed by atoms with Gasteiger partial charge in [-0.3, -0.25) is 9.59 Å². The van der Waals surface area contributed by atoms with E-state index in [1.807, 2.05) is 0 Å². The van der Waals surface area contributed by atoms with Crippen molar-refractivity contribution in [2.24, 2.45) is 5.41 Å². The summed E-state index contributed by atoms with van der Waals surface area (Å²) in [6, 6.07) is 0. The predicted octanol–water partition coefficient (Wildman–Crippen LogP) is -0.247. The maximum absolute atomic E-state index is 10.6. The Morgan fingerprint density at radius 3 is 1.26 bits per heavy atom. The van der Waals surface area contributed by atoms with Gasteiger partial charge >= 0.3 is 11.9 Å². The third-order valence-electron chi connectivity index (χ3n) is 3.45. The minimum Gasteiger partial charge on any atom is -0.481 e. The second kappa shape index (κ2) is 16.8.